The van der Waals surface area contributed by atoms with Crippen molar-refractivity contribution in [1.82, 2.24) is 0 Å². The third-order valence-electron chi connectivity index (χ3n) is 7.08. The van der Waals surface area contributed by atoms with E-state index in [0.717, 1.165) is 35.4 Å². The quantitative estimate of drug-likeness (QED) is 0.131. The first-order valence-corrected chi connectivity index (χ1v) is 14.1. The third kappa shape index (κ3) is 6.49. The molecule has 0 radical (unpaired) electrons. The summed E-state index contributed by atoms with van der Waals surface area (Å²) in [5, 5.41) is 9.95. The largest absolute Gasteiger partial charge is 0.363 e. The molecule has 0 fully saturated rings. The molecular weight excluding hydrogens is 522 g/mol. The SMILES string of the molecule is Clc1ccc(N(N=Cc2ccc(N(Cc3ccccc3)Cc3ccccc3)cc2)c2cccc3ccccc23)cc1. The Hall–Kier alpha value is -4.86. The molecule has 0 amide bonds. The van der Waals surface area contributed by atoms with Gasteiger partial charge in [-0.2, -0.15) is 5.10 Å². The Kier molecular flexibility index (Phi) is 8.07. The summed E-state index contributed by atoms with van der Waals surface area (Å²) in [5.41, 5.74) is 6.70. The van der Waals surface area contributed by atoms with Gasteiger partial charge in [0.1, 0.15) is 0 Å². The Labute approximate surface area is 246 Å². The molecule has 0 aliphatic rings. The van der Waals surface area contributed by atoms with Gasteiger partial charge in [0, 0.05) is 29.2 Å². The first-order chi connectivity index (χ1) is 20.2. The fourth-order valence-corrected chi connectivity index (χ4v) is 5.11. The Morgan fingerprint density at radius 2 is 1.10 bits per heavy atom. The number of rotatable bonds is 9. The summed E-state index contributed by atoms with van der Waals surface area (Å²) in [7, 11) is 0. The zero-order valence-electron chi connectivity index (χ0n) is 22.6. The van der Waals surface area contributed by atoms with Crippen LogP contribution in [-0.2, 0) is 13.1 Å². The molecule has 0 aliphatic heterocycles. The molecule has 0 heterocycles. The maximum absolute atomic E-state index is 6.21. The molecular formula is C37H30ClN3. The minimum absolute atomic E-state index is 0.696. The first-order valence-electron chi connectivity index (χ1n) is 13.7. The monoisotopic (exact) mass is 551 g/mol. The van der Waals surface area contributed by atoms with Crippen molar-refractivity contribution < 1.29 is 0 Å². The Balaban J connectivity index is 1.30. The molecule has 0 spiro atoms. The van der Waals surface area contributed by atoms with Gasteiger partial charge in [0.05, 0.1) is 17.6 Å². The zero-order chi connectivity index (χ0) is 27.9. The molecule has 4 heteroatoms. The second kappa shape index (κ2) is 12.5. The molecule has 0 N–H and O–H groups in total. The highest BCUT2D eigenvalue weighted by Gasteiger charge is 2.12. The molecule has 0 saturated heterocycles. The van der Waals surface area contributed by atoms with E-state index in [-0.39, 0.29) is 0 Å². The molecule has 6 rings (SSSR count). The van der Waals surface area contributed by atoms with Crippen LogP contribution in [0.15, 0.2) is 157 Å². The minimum Gasteiger partial charge on any atom is -0.363 e. The van der Waals surface area contributed by atoms with Crippen molar-refractivity contribution in [1.29, 1.82) is 0 Å². The van der Waals surface area contributed by atoms with Crippen molar-refractivity contribution in [2.45, 2.75) is 13.1 Å². The highest BCUT2D eigenvalue weighted by Crippen LogP contribution is 2.33. The Morgan fingerprint density at radius 3 is 1.76 bits per heavy atom. The van der Waals surface area contributed by atoms with E-state index in [0.29, 0.717) is 5.02 Å². The molecule has 0 bridgehead atoms. The van der Waals surface area contributed by atoms with Crippen LogP contribution in [0.3, 0.4) is 0 Å². The van der Waals surface area contributed by atoms with E-state index in [1.54, 1.807) is 0 Å². The van der Waals surface area contributed by atoms with Crippen molar-refractivity contribution in [2.75, 3.05) is 9.91 Å². The minimum atomic E-state index is 0.696. The van der Waals surface area contributed by atoms with Gasteiger partial charge < -0.3 is 4.90 Å². The number of halogens is 1. The molecule has 6 aromatic rings. The molecule has 0 aromatic heterocycles. The molecule has 200 valence electrons. The fraction of sp³-hybridized carbons (Fsp3) is 0.0541. The van der Waals surface area contributed by atoms with Crippen LogP contribution in [0, 0.1) is 0 Å². The van der Waals surface area contributed by atoms with Crippen molar-refractivity contribution in [3.8, 4) is 0 Å². The Bertz CT molecular complexity index is 1680. The summed E-state index contributed by atoms with van der Waals surface area (Å²) >= 11 is 6.21. The standard InChI is InChI=1S/C37H30ClN3/c38-33-20-24-35(25-21-33)41(37-17-9-15-32-14-7-8-16-36(32)37)39-26-29-18-22-34(23-19-29)40(27-30-10-3-1-4-11-30)28-31-12-5-2-6-13-31/h1-26H,27-28H2. The van der Waals surface area contributed by atoms with Crippen LogP contribution in [0.2, 0.25) is 5.02 Å². The maximum Gasteiger partial charge on any atom is 0.0730 e. The van der Waals surface area contributed by atoms with Gasteiger partial charge in [-0.1, -0.05) is 121 Å². The number of hydrogen-bond acceptors (Lipinski definition) is 3. The predicted molar refractivity (Wildman–Crippen MR) is 174 cm³/mol. The van der Waals surface area contributed by atoms with Crippen LogP contribution >= 0.6 is 11.6 Å². The summed E-state index contributed by atoms with van der Waals surface area (Å²) in [5.74, 6) is 0. The van der Waals surface area contributed by atoms with Crippen molar-refractivity contribution in [3.05, 3.63) is 173 Å². The number of hydrazone groups is 1. The van der Waals surface area contributed by atoms with Gasteiger partial charge in [0.2, 0.25) is 0 Å². The summed E-state index contributed by atoms with van der Waals surface area (Å²) in [6, 6.07) is 52.3. The smallest absolute Gasteiger partial charge is 0.0730 e. The number of anilines is 3. The van der Waals surface area contributed by atoms with E-state index >= 15 is 0 Å². The summed E-state index contributed by atoms with van der Waals surface area (Å²) in [6.45, 7) is 1.66. The molecule has 0 aliphatic carbocycles. The normalized spacial score (nSPS) is 11.1. The lowest BCUT2D eigenvalue weighted by molar-refractivity contribution is 0.800. The van der Waals surface area contributed by atoms with Gasteiger partial charge in [-0.3, -0.25) is 0 Å². The van der Waals surface area contributed by atoms with Gasteiger partial charge in [0.25, 0.3) is 0 Å². The average Bonchev–Trinajstić information content (AvgIpc) is 3.03. The molecule has 3 nitrogen and oxygen atoms in total. The van der Waals surface area contributed by atoms with Crippen LogP contribution in [-0.4, -0.2) is 6.21 Å². The number of nitrogens with zero attached hydrogens (tertiary/aromatic N) is 3. The van der Waals surface area contributed by atoms with E-state index in [9.17, 15) is 0 Å². The maximum atomic E-state index is 6.21. The molecule has 41 heavy (non-hydrogen) atoms. The summed E-state index contributed by atoms with van der Waals surface area (Å²) in [4.78, 5) is 2.40. The van der Waals surface area contributed by atoms with Crippen LogP contribution in [0.4, 0.5) is 17.1 Å². The average molecular weight is 552 g/mol. The topological polar surface area (TPSA) is 18.8 Å². The lowest BCUT2D eigenvalue weighted by Gasteiger charge is -2.25. The number of benzene rings is 6. The van der Waals surface area contributed by atoms with Gasteiger partial charge >= 0.3 is 0 Å². The second-order valence-electron chi connectivity index (χ2n) is 9.95. The van der Waals surface area contributed by atoms with E-state index in [1.807, 2.05) is 35.5 Å². The van der Waals surface area contributed by atoms with Crippen molar-refractivity contribution in [3.63, 3.8) is 0 Å². The lowest BCUT2D eigenvalue weighted by atomic mass is 10.1. The molecule has 6 aromatic carbocycles. The summed E-state index contributed by atoms with van der Waals surface area (Å²) in [6.07, 6.45) is 1.92. The molecule has 0 unspecified atom stereocenters. The molecule has 0 saturated carbocycles. The summed E-state index contributed by atoms with van der Waals surface area (Å²) < 4.78 is 0. The fourth-order valence-electron chi connectivity index (χ4n) is 4.98. The number of hydrogen-bond donors (Lipinski definition) is 0. The third-order valence-corrected chi connectivity index (χ3v) is 7.33. The first kappa shape index (κ1) is 26.4. The number of fused-ring (bicyclic) bond motifs is 1. The van der Waals surface area contributed by atoms with Crippen LogP contribution in [0.5, 0.6) is 0 Å². The Morgan fingerprint density at radius 1 is 0.537 bits per heavy atom. The van der Waals surface area contributed by atoms with Crippen LogP contribution in [0.25, 0.3) is 10.8 Å². The van der Waals surface area contributed by atoms with Gasteiger partial charge in [-0.15, -0.1) is 0 Å². The van der Waals surface area contributed by atoms with E-state index < -0.39 is 0 Å². The van der Waals surface area contributed by atoms with Gasteiger partial charge in [-0.05, 0) is 64.5 Å². The van der Waals surface area contributed by atoms with Crippen molar-refractivity contribution in [2.24, 2.45) is 5.10 Å². The van der Waals surface area contributed by atoms with Crippen LogP contribution < -0.4 is 9.91 Å². The zero-order valence-corrected chi connectivity index (χ0v) is 23.4. The van der Waals surface area contributed by atoms with Crippen LogP contribution in [0.1, 0.15) is 16.7 Å². The predicted octanol–water partition coefficient (Wildman–Crippen LogP) is 9.87. The van der Waals surface area contributed by atoms with Crippen molar-refractivity contribution >= 4 is 45.7 Å². The lowest BCUT2D eigenvalue weighted by Crippen LogP contribution is -2.22. The van der Waals surface area contributed by atoms with Gasteiger partial charge in [-0.25, -0.2) is 5.01 Å². The van der Waals surface area contributed by atoms with E-state index in [2.05, 4.69) is 132 Å². The van der Waals surface area contributed by atoms with Gasteiger partial charge in [0.15, 0.2) is 0 Å². The highest BCUT2D eigenvalue weighted by atomic mass is 35.5. The molecule has 0 atom stereocenters. The highest BCUT2D eigenvalue weighted by molar-refractivity contribution is 6.30. The second-order valence-corrected chi connectivity index (χ2v) is 10.4. The van der Waals surface area contributed by atoms with E-state index in [1.165, 1.54) is 22.2 Å². The van der Waals surface area contributed by atoms with E-state index in [4.69, 9.17) is 16.7 Å².